The van der Waals surface area contributed by atoms with Crippen molar-refractivity contribution < 1.29 is 4.79 Å². The molecule has 0 aliphatic carbocycles. The Bertz CT molecular complexity index is 458. The molecule has 1 aliphatic rings. The van der Waals surface area contributed by atoms with Gasteiger partial charge in [-0.3, -0.25) is 9.78 Å². The van der Waals surface area contributed by atoms with E-state index in [9.17, 15) is 4.79 Å². The third-order valence-electron chi connectivity index (χ3n) is 2.57. The lowest BCUT2D eigenvalue weighted by Crippen LogP contribution is -2.15. The minimum absolute atomic E-state index is 0.00666. The van der Waals surface area contributed by atoms with Gasteiger partial charge < -0.3 is 5.32 Å². The molecule has 1 amide bonds. The molecule has 15 heavy (non-hydrogen) atoms. The summed E-state index contributed by atoms with van der Waals surface area (Å²) in [4.78, 5) is 15.3. The Balaban J connectivity index is 2.35. The third-order valence-corrected chi connectivity index (χ3v) is 2.57. The predicted octanol–water partition coefficient (Wildman–Crippen LogP) is 1.89. The first kappa shape index (κ1) is 9.65. The van der Waals surface area contributed by atoms with Crippen LogP contribution in [0.1, 0.15) is 19.4 Å². The van der Waals surface area contributed by atoms with Crippen molar-refractivity contribution in [1.82, 2.24) is 10.3 Å². The summed E-state index contributed by atoms with van der Waals surface area (Å²) in [6.45, 7) is 3.78. The molecule has 2 heterocycles. The van der Waals surface area contributed by atoms with Gasteiger partial charge in [0.05, 0.1) is 0 Å². The van der Waals surface area contributed by atoms with Crippen LogP contribution < -0.4 is 5.32 Å². The number of allylic oxidation sites excluding steroid dienone is 1. The zero-order valence-corrected chi connectivity index (χ0v) is 8.74. The van der Waals surface area contributed by atoms with Gasteiger partial charge in [0.25, 0.3) is 5.91 Å². The van der Waals surface area contributed by atoms with Gasteiger partial charge in [0, 0.05) is 23.7 Å². The zero-order chi connectivity index (χ0) is 10.8. The Labute approximate surface area is 88.5 Å². The number of carbonyl (C=O) groups is 1. The lowest BCUT2D eigenvalue weighted by atomic mass is 10.1. The van der Waals surface area contributed by atoms with Crippen molar-refractivity contribution in [3.05, 3.63) is 46.9 Å². The molecule has 3 nitrogen and oxygen atoms in total. The van der Waals surface area contributed by atoms with E-state index in [0.29, 0.717) is 0 Å². The maximum atomic E-state index is 11.4. The highest BCUT2D eigenvalue weighted by Gasteiger charge is 2.19. The predicted molar refractivity (Wildman–Crippen MR) is 58.7 cm³/mol. The summed E-state index contributed by atoms with van der Waals surface area (Å²) in [6, 6.07) is 3.81. The first-order valence-corrected chi connectivity index (χ1v) is 4.79. The van der Waals surface area contributed by atoms with Gasteiger partial charge in [-0.25, -0.2) is 0 Å². The molecule has 1 aromatic heterocycles. The fourth-order valence-electron chi connectivity index (χ4n) is 1.45. The van der Waals surface area contributed by atoms with Crippen molar-refractivity contribution in [2.45, 2.75) is 13.8 Å². The van der Waals surface area contributed by atoms with E-state index in [2.05, 4.69) is 10.3 Å². The van der Waals surface area contributed by atoms with E-state index in [1.165, 1.54) is 0 Å². The molecule has 0 bridgehead atoms. The van der Waals surface area contributed by atoms with Gasteiger partial charge in [0.15, 0.2) is 0 Å². The van der Waals surface area contributed by atoms with Crippen LogP contribution in [-0.2, 0) is 4.79 Å². The van der Waals surface area contributed by atoms with E-state index in [0.717, 1.165) is 22.4 Å². The van der Waals surface area contributed by atoms with Crippen molar-refractivity contribution in [2.24, 2.45) is 0 Å². The standard InChI is InChI=1S/C12H12N2O/c1-8-9(2)12(15)14-11(8)7-10-3-5-13-6-4-10/h3-7H,1-2H3,(H,14,15)/b11-7-. The molecular weight excluding hydrogens is 188 g/mol. The fraction of sp³-hybridized carbons (Fsp3) is 0.167. The summed E-state index contributed by atoms with van der Waals surface area (Å²) in [6.07, 6.45) is 5.41. The number of amides is 1. The molecule has 0 unspecified atom stereocenters. The zero-order valence-electron chi connectivity index (χ0n) is 8.74. The number of pyridine rings is 1. The second-order valence-corrected chi connectivity index (χ2v) is 3.54. The van der Waals surface area contributed by atoms with Crippen molar-refractivity contribution in [2.75, 3.05) is 0 Å². The van der Waals surface area contributed by atoms with Gasteiger partial charge >= 0.3 is 0 Å². The Morgan fingerprint density at radius 3 is 2.40 bits per heavy atom. The maximum absolute atomic E-state index is 11.4. The first-order valence-electron chi connectivity index (χ1n) is 4.79. The summed E-state index contributed by atoms with van der Waals surface area (Å²) in [5, 5.41) is 2.83. The smallest absolute Gasteiger partial charge is 0.251 e. The third kappa shape index (κ3) is 1.81. The average Bonchev–Trinajstić information content (AvgIpc) is 2.48. The molecule has 0 atom stereocenters. The van der Waals surface area contributed by atoms with Gasteiger partial charge in [0.2, 0.25) is 0 Å². The van der Waals surface area contributed by atoms with Crippen molar-refractivity contribution in [3.63, 3.8) is 0 Å². The number of hydrogen-bond acceptors (Lipinski definition) is 2. The molecular formula is C12H12N2O. The number of hydrogen-bond donors (Lipinski definition) is 1. The highest BCUT2D eigenvalue weighted by atomic mass is 16.1. The molecule has 3 heteroatoms. The molecule has 0 saturated carbocycles. The fourth-order valence-corrected chi connectivity index (χ4v) is 1.45. The van der Waals surface area contributed by atoms with E-state index in [1.807, 2.05) is 32.1 Å². The second-order valence-electron chi connectivity index (χ2n) is 3.54. The van der Waals surface area contributed by atoms with Crippen LogP contribution in [0.4, 0.5) is 0 Å². The largest absolute Gasteiger partial charge is 0.322 e. The molecule has 2 rings (SSSR count). The topological polar surface area (TPSA) is 42.0 Å². The number of rotatable bonds is 1. The molecule has 76 valence electrons. The van der Waals surface area contributed by atoms with E-state index in [4.69, 9.17) is 0 Å². The highest BCUT2D eigenvalue weighted by molar-refractivity contribution is 6.00. The van der Waals surface area contributed by atoms with Gasteiger partial charge in [-0.15, -0.1) is 0 Å². The molecule has 1 N–H and O–H groups in total. The minimum Gasteiger partial charge on any atom is -0.322 e. The monoisotopic (exact) mass is 200 g/mol. The quantitative estimate of drug-likeness (QED) is 0.752. The van der Waals surface area contributed by atoms with Crippen LogP contribution in [0.15, 0.2) is 41.4 Å². The number of aromatic nitrogens is 1. The summed E-state index contributed by atoms with van der Waals surface area (Å²) in [5.74, 6) is -0.00666. The van der Waals surface area contributed by atoms with Crippen LogP contribution in [0.5, 0.6) is 0 Å². The summed E-state index contributed by atoms with van der Waals surface area (Å²) >= 11 is 0. The number of carbonyl (C=O) groups excluding carboxylic acids is 1. The van der Waals surface area contributed by atoms with Gasteiger partial charge in [-0.05, 0) is 43.2 Å². The van der Waals surface area contributed by atoms with Crippen LogP contribution in [0.2, 0.25) is 0 Å². The van der Waals surface area contributed by atoms with E-state index >= 15 is 0 Å². The lowest BCUT2D eigenvalue weighted by molar-refractivity contribution is -0.116. The van der Waals surface area contributed by atoms with Crippen molar-refractivity contribution >= 4 is 12.0 Å². The summed E-state index contributed by atoms with van der Waals surface area (Å²) < 4.78 is 0. The number of nitrogens with zero attached hydrogens (tertiary/aromatic N) is 1. The molecule has 0 radical (unpaired) electrons. The molecule has 0 saturated heterocycles. The number of nitrogens with one attached hydrogen (secondary N) is 1. The van der Waals surface area contributed by atoms with Gasteiger partial charge in [0.1, 0.15) is 0 Å². The molecule has 1 aliphatic heterocycles. The van der Waals surface area contributed by atoms with Crippen LogP contribution in [0.3, 0.4) is 0 Å². The Kier molecular flexibility index (Phi) is 2.37. The summed E-state index contributed by atoms with van der Waals surface area (Å²) in [5.41, 5.74) is 3.71. The SMILES string of the molecule is CC1=C(C)/C(=C/c2ccncc2)NC1=O. The molecule has 0 fully saturated rings. The van der Waals surface area contributed by atoms with Crippen molar-refractivity contribution in [1.29, 1.82) is 0 Å². The van der Waals surface area contributed by atoms with E-state index < -0.39 is 0 Å². The van der Waals surface area contributed by atoms with Crippen LogP contribution in [0, 0.1) is 0 Å². The molecule has 0 spiro atoms. The minimum atomic E-state index is -0.00666. The lowest BCUT2D eigenvalue weighted by Gasteiger charge is -2.00. The van der Waals surface area contributed by atoms with Crippen molar-refractivity contribution in [3.8, 4) is 0 Å². The second kappa shape index (κ2) is 3.69. The van der Waals surface area contributed by atoms with Gasteiger partial charge in [-0.2, -0.15) is 0 Å². The summed E-state index contributed by atoms with van der Waals surface area (Å²) in [7, 11) is 0. The van der Waals surface area contributed by atoms with E-state index in [-0.39, 0.29) is 5.91 Å². The van der Waals surface area contributed by atoms with E-state index in [1.54, 1.807) is 12.4 Å². The molecule has 0 aromatic carbocycles. The average molecular weight is 200 g/mol. The first-order chi connectivity index (χ1) is 7.18. The Morgan fingerprint density at radius 2 is 1.87 bits per heavy atom. The Hall–Kier alpha value is -1.90. The molecule has 1 aromatic rings. The maximum Gasteiger partial charge on any atom is 0.251 e. The highest BCUT2D eigenvalue weighted by Crippen LogP contribution is 2.21. The van der Waals surface area contributed by atoms with Crippen LogP contribution in [0.25, 0.3) is 6.08 Å². The van der Waals surface area contributed by atoms with Crippen LogP contribution in [-0.4, -0.2) is 10.9 Å². The Morgan fingerprint density at radius 1 is 1.20 bits per heavy atom. The van der Waals surface area contributed by atoms with Gasteiger partial charge in [-0.1, -0.05) is 0 Å². The normalized spacial score (nSPS) is 18.5. The van der Waals surface area contributed by atoms with Crippen LogP contribution >= 0.6 is 0 Å².